The lowest BCUT2D eigenvalue weighted by molar-refractivity contribution is -0.173. The van der Waals surface area contributed by atoms with Crippen LogP contribution >= 0.6 is 0 Å². The summed E-state index contributed by atoms with van der Waals surface area (Å²) in [5, 5.41) is 0. The highest BCUT2D eigenvalue weighted by Gasteiger charge is 2.45. The van der Waals surface area contributed by atoms with Crippen LogP contribution in [0.15, 0.2) is 48.8 Å². The Balaban J connectivity index is 1.90. The number of carbonyl (C=O) groups excluding carboxylic acids is 2. The molecular weight excluding hydrogens is 370 g/mol. The van der Waals surface area contributed by atoms with Crippen LogP contribution in [0.5, 0.6) is 0 Å². The van der Waals surface area contributed by atoms with Crippen molar-refractivity contribution in [2.75, 3.05) is 47.5 Å². The van der Waals surface area contributed by atoms with E-state index < -0.39 is 5.60 Å². The minimum Gasteiger partial charge on any atom is -0.375 e. The van der Waals surface area contributed by atoms with Gasteiger partial charge in [0.05, 0.1) is 13.2 Å². The number of aromatic nitrogens is 1. The number of morpholine rings is 1. The maximum atomic E-state index is 13.1. The molecule has 154 valence electrons. The standard InChI is InChI=1S/C22H27N3O4/c1-24(2)21(27)22(16-25(11-12-29-22)20(26)15-28-3)14-17-5-4-6-19(13-17)18-7-9-23-10-8-18/h4-10,13H,11-12,14-16H2,1-3H3. The number of benzene rings is 1. The summed E-state index contributed by atoms with van der Waals surface area (Å²) in [5.41, 5.74) is 1.94. The van der Waals surface area contributed by atoms with Crippen LogP contribution in [0.4, 0.5) is 0 Å². The molecule has 1 aromatic heterocycles. The molecule has 3 rings (SSSR count). The summed E-state index contributed by atoms with van der Waals surface area (Å²) in [5.74, 6) is -0.293. The van der Waals surface area contributed by atoms with Gasteiger partial charge in [-0.05, 0) is 28.8 Å². The zero-order valence-corrected chi connectivity index (χ0v) is 17.1. The lowest BCUT2D eigenvalue weighted by atomic mass is 9.89. The van der Waals surface area contributed by atoms with Crippen molar-refractivity contribution in [2.24, 2.45) is 0 Å². The second-order valence-electron chi connectivity index (χ2n) is 7.40. The van der Waals surface area contributed by atoms with Gasteiger partial charge in [-0.1, -0.05) is 24.3 Å². The number of rotatable bonds is 6. The topological polar surface area (TPSA) is 72.0 Å². The molecule has 0 saturated carbocycles. The van der Waals surface area contributed by atoms with E-state index in [4.69, 9.17) is 9.47 Å². The smallest absolute Gasteiger partial charge is 0.256 e. The molecule has 7 heteroatoms. The molecule has 0 aliphatic carbocycles. The zero-order chi connectivity index (χ0) is 20.9. The van der Waals surface area contributed by atoms with Gasteiger partial charge in [0, 0.05) is 46.6 Å². The van der Waals surface area contributed by atoms with Crippen molar-refractivity contribution in [2.45, 2.75) is 12.0 Å². The summed E-state index contributed by atoms with van der Waals surface area (Å²) in [6, 6.07) is 11.9. The molecule has 1 fully saturated rings. The Kier molecular flexibility index (Phi) is 6.61. The molecule has 29 heavy (non-hydrogen) atoms. The van der Waals surface area contributed by atoms with Crippen molar-refractivity contribution < 1.29 is 19.1 Å². The lowest BCUT2D eigenvalue weighted by Crippen LogP contribution is -2.62. The van der Waals surface area contributed by atoms with E-state index in [9.17, 15) is 9.59 Å². The van der Waals surface area contributed by atoms with Gasteiger partial charge in [-0.3, -0.25) is 14.6 Å². The normalized spacial score (nSPS) is 19.1. The Morgan fingerprint density at radius 1 is 1.21 bits per heavy atom. The maximum absolute atomic E-state index is 13.1. The Morgan fingerprint density at radius 3 is 2.66 bits per heavy atom. The molecule has 0 N–H and O–H groups in total. The van der Waals surface area contributed by atoms with Gasteiger partial charge < -0.3 is 19.3 Å². The monoisotopic (exact) mass is 397 g/mol. The van der Waals surface area contributed by atoms with Crippen molar-refractivity contribution in [3.63, 3.8) is 0 Å². The van der Waals surface area contributed by atoms with E-state index in [1.54, 1.807) is 31.4 Å². The first-order valence-electron chi connectivity index (χ1n) is 9.57. The number of hydrogen-bond donors (Lipinski definition) is 0. The third-order valence-corrected chi connectivity index (χ3v) is 5.03. The van der Waals surface area contributed by atoms with Crippen LogP contribution in [0.25, 0.3) is 11.1 Å². The highest BCUT2D eigenvalue weighted by Crippen LogP contribution is 2.28. The van der Waals surface area contributed by atoms with Crippen molar-refractivity contribution in [3.8, 4) is 11.1 Å². The Hall–Kier alpha value is -2.77. The largest absolute Gasteiger partial charge is 0.375 e. The molecule has 1 aliphatic rings. The number of hydrogen-bond acceptors (Lipinski definition) is 5. The second-order valence-corrected chi connectivity index (χ2v) is 7.40. The van der Waals surface area contributed by atoms with Crippen molar-refractivity contribution in [1.29, 1.82) is 0 Å². The fourth-order valence-corrected chi connectivity index (χ4v) is 3.67. The van der Waals surface area contributed by atoms with Crippen LogP contribution in [-0.2, 0) is 25.5 Å². The minimum atomic E-state index is -1.12. The van der Waals surface area contributed by atoms with Gasteiger partial charge in [0.25, 0.3) is 5.91 Å². The molecule has 1 aromatic carbocycles. The first kappa shape index (κ1) is 21.0. The van der Waals surface area contributed by atoms with E-state index >= 15 is 0 Å². The van der Waals surface area contributed by atoms with Gasteiger partial charge in [0.2, 0.25) is 5.91 Å². The first-order chi connectivity index (χ1) is 13.9. The molecule has 1 saturated heterocycles. The van der Waals surface area contributed by atoms with Crippen LogP contribution in [0.1, 0.15) is 5.56 Å². The highest BCUT2D eigenvalue weighted by atomic mass is 16.5. The highest BCUT2D eigenvalue weighted by molar-refractivity contribution is 5.87. The minimum absolute atomic E-state index is 0.0102. The molecule has 0 radical (unpaired) electrons. The average molecular weight is 397 g/mol. The van der Waals surface area contributed by atoms with Gasteiger partial charge in [-0.2, -0.15) is 0 Å². The van der Waals surface area contributed by atoms with Gasteiger partial charge in [-0.15, -0.1) is 0 Å². The molecule has 2 heterocycles. The summed E-state index contributed by atoms with van der Waals surface area (Å²) < 4.78 is 11.0. The van der Waals surface area contributed by atoms with Crippen molar-refractivity contribution in [3.05, 3.63) is 54.4 Å². The number of carbonyl (C=O) groups is 2. The Morgan fingerprint density at radius 2 is 1.97 bits per heavy atom. The average Bonchev–Trinajstić information content (AvgIpc) is 2.74. The second kappa shape index (κ2) is 9.15. The number of amides is 2. The number of pyridine rings is 1. The van der Waals surface area contributed by atoms with E-state index in [2.05, 4.69) is 11.1 Å². The predicted molar refractivity (Wildman–Crippen MR) is 109 cm³/mol. The van der Waals surface area contributed by atoms with Crippen LogP contribution in [0.3, 0.4) is 0 Å². The number of nitrogens with zero attached hydrogens (tertiary/aromatic N) is 3. The molecular formula is C22H27N3O4. The fourth-order valence-electron chi connectivity index (χ4n) is 3.67. The summed E-state index contributed by atoms with van der Waals surface area (Å²) in [7, 11) is 4.90. The molecule has 2 amide bonds. The SMILES string of the molecule is COCC(=O)N1CCOC(Cc2cccc(-c3ccncc3)c2)(C(=O)N(C)C)C1. The maximum Gasteiger partial charge on any atom is 0.256 e. The first-order valence-corrected chi connectivity index (χ1v) is 9.57. The molecule has 1 unspecified atom stereocenters. The van der Waals surface area contributed by atoms with E-state index in [1.165, 1.54) is 12.0 Å². The number of methoxy groups -OCH3 is 1. The molecule has 1 aliphatic heterocycles. The quantitative estimate of drug-likeness (QED) is 0.741. The molecule has 2 aromatic rings. The Bertz CT molecular complexity index is 856. The molecule has 1 atom stereocenters. The third kappa shape index (κ3) is 4.81. The van der Waals surface area contributed by atoms with Gasteiger partial charge >= 0.3 is 0 Å². The van der Waals surface area contributed by atoms with Crippen LogP contribution in [-0.4, -0.2) is 79.7 Å². The fraction of sp³-hybridized carbons (Fsp3) is 0.409. The summed E-state index contributed by atoms with van der Waals surface area (Å²) in [6.45, 7) is 0.941. The number of ether oxygens (including phenoxy) is 2. The molecule has 0 bridgehead atoms. The lowest BCUT2D eigenvalue weighted by Gasteiger charge is -2.42. The van der Waals surface area contributed by atoms with Gasteiger partial charge in [0.15, 0.2) is 5.60 Å². The number of likely N-dealkylation sites (N-methyl/N-ethyl adjacent to an activating group) is 1. The zero-order valence-electron chi connectivity index (χ0n) is 17.1. The summed E-state index contributed by atoms with van der Waals surface area (Å²) in [4.78, 5) is 32.8. The third-order valence-electron chi connectivity index (χ3n) is 5.03. The van der Waals surface area contributed by atoms with Gasteiger partial charge in [0.1, 0.15) is 6.61 Å². The van der Waals surface area contributed by atoms with Crippen molar-refractivity contribution >= 4 is 11.8 Å². The summed E-state index contributed by atoms with van der Waals surface area (Å²) >= 11 is 0. The van der Waals surface area contributed by atoms with E-state index in [-0.39, 0.29) is 25.0 Å². The molecule has 7 nitrogen and oxygen atoms in total. The van der Waals surface area contributed by atoms with Gasteiger partial charge in [-0.25, -0.2) is 0 Å². The van der Waals surface area contributed by atoms with E-state index in [0.29, 0.717) is 19.6 Å². The van der Waals surface area contributed by atoms with E-state index in [0.717, 1.165) is 16.7 Å². The molecule has 0 spiro atoms. The van der Waals surface area contributed by atoms with Crippen LogP contribution in [0.2, 0.25) is 0 Å². The van der Waals surface area contributed by atoms with Crippen molar-refractivity contribution in [1.82, 2.24) is 14.8 Å². The van der Waals surface area contributed by atoms with Crippen LogP contribution < -0.4 is 0 Å². The Labute approximate surface area is 171 Å². The summed E-state index contributed by atoms with van der Waals surface area (Å²) in [6.07, 6.45) is 3.88. The predicted octanol–water partition coefficient (Wildman–Crippen LogP) is 1.62. The van der Waals surface area contributed by atoms with Crippen LogP contribution in [0, 0.1) is 0 Å². The van der Waals surface area contributed by atoms with E-state index in [1.807, 2.05) is 30.3 Å².